The molecule has 1 amide bonds. The first-order chi connectivity index (χ1) is 11.3. The Labute approximate surface area is 165 Å². The number of hydrogen-bond donors (Lipinski definition) is 2. The van der Waals surface area contributed by atoms with Crippen LogP contribution in [-0.4, -0.2) is 23.5 Å². The molecule has 0 aliphatic heterocycles. The maximum atomic E-state index is 12.4. The molecular weight excluding hydrogens is 377 g/mol. The Morgan fingerprint density at radius 3 is 2.64 bits per heavy atom. The van der Waals surface area contributed by atoms with Crippen molar-refractivity contribution in [2.45, 2.75) is 38.1 Å². The number of amides is 1. The molecule has 1 heterocycles. The Morgan fingerprint density at radius 2 is 1.92 bits per heavy atom. The summed E-state index contributed by atoms with van der Waals surface area (Å²) >= 11 is 1.54. The maximum absolute atomic E-state index is 12.4. The molecule has 25 heavy (non-hydrogen) atoms. The molecule has 1 aromatic heterocycles. The lowest BCUT2D eigenvalue weighted by Crippen LogP contribution is -2.44. The van der Waals surface area contributed by atoms with Crippen LogP contribution in [0.2, 0.25) is 0 Å². The van der Waals surface area contributed by atoms with Gasteiger partial charge in [-0.2, -0.15) is 0 Å². The van der Waals surface area contributed by atoms with Gasteiger partial charge in [-0.25, -0.2) is 4.98 Å². The fourth-order valence-corrected chi connectivity index (χ4v) is 4.00. The Balaban J connectivity index is 0.00000156. The lowest BCUT2D eigenvalue weighted by molar-refractivity contribution is 0.0903. The molecule has 138 valence electrons. The predicted octanol–water partition coefficient (Wildman–Crippen LogP) is 3.82. The van der Waals surface area contributed by atoms with Crippen LogP contribution in [0.3, 0.4) is 0 Å². The van der Waals surface area contributed by atoms with Crippen LogP contribution in [-0.2, 0) is 6.42 Å². The van der Waals surface area contributed by atoms with Gasteiger partial charge in [0.15, 0.2) is 0 Å². The van der Waals surface area contributed by atoms with Gasteiger partial charge in [0.2, 0.25) is 0 Å². The molecule has 1 saturated carbocycles. The van der Waals surface area contributed by atoms with Crippen LogP contribution in [0.4, 0.5) is 0 Å². The summed E-state index contributed by atoms with van der Waals surface area (Å²) in [6.07, 6.45) is 5.28. The standard InChI is InChI=1S/C18H23N3OS.2ClH/c19-11-14-8-4-5-9-15(14)21-18(22)16-12-23-17(20-16)10-13-6-2-1-3-7-13;;/h1-3,6-7,12,14-15H,4-5,8-11,19H2,(H,21,22);2*1H. The Kier molecular flexibility index (Phi) is 9.43. The molecule has 2 unspecified atom stereocenters. The van der Waals surface area contributed by atoms with Crippen LogP contribution in [0.1, 0.15) is 46.7 Å². The maximum Gasteiger partial charge on any atom is 0.270 e. The second-order valence-corrected chi connectivity index (χ2v) is 7.09. The van der Waals surface area contributed by atoms with E-state index < -0.39 is 0 Å². The van der Waals surface area contributed by atoms with E-state index in [1.54, 1.807) is 11.3 Å². The number of rotatable bonds is 5. The molecule has 3 rings (SSSR count). The zero-order valence-electron chi connectivity index (χ0n) is 14.0. The number of carbonyl (C=O) groups is 1. The molecule has 2 aromatic rings. The number of carbonyl (C=O) groups excluding carboxylic acids is 1. The minimum atomic E-state index is -0.0640. The lowest BCUT2D eigenvalue weighted by Gasteiger charge is -2.31. The van der Waals surface area contributed by atoms with Crippen LogP contribution in [0.15, 0.2) is 35.7 Å². The van der Waals surface area contributed by atoms with Crippen molar-refractivity contribution in [3.8, 4) is 0 Å². The van der Waals surface area contributed by atoms with Crippen molar-refractivity contribution in [2.24, 2.45) is 11.7 Å². The van der Waals surface area contributed by atoms with Gasteiger partial charge in [0.05, 0.1) is 5.01 Å². The molecule has 0 bridgehead atoms. The highest BCUT2D eigenvalue weighted by Crippen LogP contribution is 2.24. The van der Waals surface area contributed by atoms with Gasteiger partial charge in [0, 0.05) is 17.8 Å². The molecule has 3 N–H and O–H groups in total. The van der Waals surface area contributed by atoms with E-state index in [2.05, 4.69) is 22.4 Å². The molecule has 7 heteroatoms. The summed E-state index contributed by atoms with van der Waals surface area (Å²) in [4.78, 5) is 16.9. The third-order valence-corrected chi connectivity index (χ3v) is 5.36. The molecule has 1 aromatic carbocycles. The SMILES string of the molecule is Cl.Cl.NCC1CCCCC1NC(=O)c1csc(Cc2ccccc2)n1. The first-order valence-electron chi connectivity index (χ1n) is 8.25. The van der Waals surface area contributed by atoms with E-state index in [1.807, 2.05) is 23.6 Å². The van der Waals surface area contributed by atoms with Crippen molar-refractivity contribution in [1.29, 1.82) is 0 Å². The summed E-state index contributed by atoms with van der Waals surface area (Å²) in [5.41, 5.74) is 7.58. The number of halogens is 2. The minimum absolute atomic E-state index is 0. The normalized spacial score (nSPS) is 19.4. The summed E-state index contributed by atoms with van der Waals surface area (Å²) < 4.78 is 0. The number of aromatic nitrogens is 1. The third kappa shape index (κ3) is 5.96. The first kappa shape index (κ1) is 21.9. The van der Waals surface area contributed by atoms with E-state index in [-0.39, 0.29) is 36.8 Å². The van der Waals surface area contributed by atoms with Crippen LogP contribution < -0.4 is 11.1 Å². The van der Waals surface area contributed by atoms with Gasteiger partial charge in [-0.1, -0.05) is 43.2 Å². The number of nitrogens with two attached hydrogens (primary N) is 1. The van der Waals surface area contributed by atoms with Gasteiger partial charge in [-0.05, 0) is 30.9 Å². The Bertz CT molecular complexity index is 651. The summed E-state index contributed by atoms with van der Waals surface area (Å²) in [5, 5.41) is 5.97. The van der Waals surface area contributed by atoms with Crippen LogP contribution in [0, 0.1) is 5.92 Å². The molecular formula is C18H25Cl2N3OS. The van der Waals surface area contributed by atoms with Crippen LogP contribution >= 0.6 is 36.2 Å². The molecule has 0 saturated heterocycles. The van der Waals surface area contributed by atoms with Crippen molar-refractivity contribution < 1.29 is 4.79 Å². The summed E-state index contributed by atoms with van der Waals surface area (Å²) in [6, 6.07) is 10.4. The van der Waals surface area contributed by atoms with Crippen molar-refractivity contribution >= 4 is 42.1 Å². The first-order valence-corrected chi connectivity index (χ1v) is 9.13. The van der Waals surface area contributed by atoms with E-state index in [1.165, 1.54) is 12.0 Å². The summed E-state index contributed by atoms with van der Waals surface area (Å²) in [6.45, 7) is 0.640. The van der Waals surface area contributed by atoms with E-state index in [4.69, 9.17) is 5.73 Å². The van der Waals surface area contributed by atoms with Gasteiger partial charge >= 0.3 is 0 Å². The molecule has 0 spiro atoms. The average molecular weight is 402 g/mol. The second-order valence-electron chi connectivity index (χ2n) is 6.15. The van der Waals surface area contributed by atoms with Crippen LogP contribution in [0.5, 0.6) is 0 Å². The molecule has 1 aliphatic rings. The largest absolute Gasteiger partial charge is 0.348 e. The Hall–Kier alpha value is -1.14. The summed E-state index contributed by atoms with van der Waals surface area (Å²) in [5.74, 6) is 0.334. The smallest absolute Gasteiger partial charge is 0.270 e. The number of benzene rings is 1. The van der Waals surface area contributed by atoms with Crippen molar-refractivity contribution in [2.75, 3.05) is 6.54 Å². The van der Waals surface area contributed by atoms with Crippen molar-refractivity contribution in [3.63, 3.8) is 0 Å². The highest BCUT2D eigenvalue weighted by atomic mass is 35.5. The quantitative estimate of drug-likeness (QED) is 0.799. The van der Waals surface area contributed by atoms with Gasteiger partial charge in [0.25, 0.3) is 5.91 Å². The minimum Gasteiger partial charge on any atom is -0.348 e. The third-order valence-electron chi connectivity index (χ3n) is 4.51. The molecule has 1 aliphatic carbocycles. The topological polar surface area (TPSA) is 68.0 Å². The monoisotopic (exact) mass is 401 g/mol. The Morgan fingerprint density at radius 1 is 1.20 bits per heavy atom. The molecule has 4 nitrogen and oxygen atoms in total. The van der Waals surface area contributed by atoms with Crippen molar-refractivity contribution in [3.05, 3.63) is 52.0 Å². The van der Waals surface area contributed by atoms with E-state index in [0.717, 1.165) is 30.7 Å². The highest BCUT2D eigenvalue weighted by molar-refractivity contribution is 7.09. The second kappa shape index (κ2) is 10.8. The average Bonchev–Trinajstić information content (AvgIpc) is 3.05. The molecule has 2 atom stereocenters. The zero-order chi connectivity index (χ0) is 16.1. The van der Waals surface area contributed by atoms with Gasteiger partial charge < -0.3 is 11.1 Å². The van der Waals surface area contributed by atoms with E-state index in [9.17, 15) is 4.79 Å². The summed E-state index contributed by atoms with van der Waals surface area (Å²) in [7, 11) is 0. The number of nitrogens with one attached hydrogen (secondary N) is 1. The molecule has 0 radical (unpaired) electrons. The van der Waals surface area contributed by atoms with E-state index in [0.29, 0.717) is 18.2 Å². The van der Waals surface area contributed by atoms with Gasteiger partial charge in [0.1, 0.15) is 5.69 Å². The fraction of sp³-hybridized carbons (Fsp3) is 0.444. The zero-order valence-corrected chi connectivity index (χ0v) is 16.5. The number of thiazole rings is 1. The van der Waals surface area contributed by atoms with Crippen molar-refractivity contribution in [1.82, 2.24) is 10.3 Å². The van der Waals surface area contributed by atoms with E-state index >= 15 is 0 Å². The lowest BCUT2D eigenvalue weighted by atomic mass is 9.84. The number of hydrogen-bond acceptors (Lipinski definition) is 4. The molecule has 1 fully saturated rings. The van der Waals surface area contributed by atoms with Crippen LogP contribution in [0.25, 0.3) is 0 Å². The van der Waals surface area contributed by atoms with Gasteiger partial charge in [-0.3, -0.25) is 4.79 Å². The fourth-order valence-electron chi connectivity index (χ4n) is 3.19. The van der Waals surface area contributed by atoms with Gasteiger partial charge in [-0.15, -0.1) is 36.2 Å². The predicted molar refractivity (Wildman–Crippen MR) is 108 cm³/mol. The highest BCUT2D eigenvalue weighted by Gasteiger charge is 2.26. The number of nitrogens with zero attached hydrogens (tertiary/aromatic N) is 1.